The van der Waals surface area contributed by atoms with Gasteiger partial charge in [-0.2, -0.15) is 0 Å². The summed E-state index contributed by atoms with van der Waals surface area (Å²) in [5.41, 5.74) is 0. The third-order valence-corrected chi connectivity index (χ3v) is 2.83. The van der Waals surface area contributed by atoms with Crippen LogP contribution in [0.4, 0.5) is 0 Å². The maximum Gasteiger partial charge on any atom is 0.303 e. The van der Waals surface area contributed by atoms with Crippen molar-refractivity contribution in [3.63, 3.8) is 0 Å². The molecule has 1 rings (SSSR count). The van der Waals surface area contributed by atoms with Crippen LogP contribution in [-0.4, -0.2) is 36.2 Å². The standard InChI is InChI=1S/C11H19NO4/c1-2-8(6-10(13)14)7-12-11(15)9-4-3-5-16-9/h8-9H,2-7H2,1H3,(H,12,15)(H,13,14)/t8?,9-/m1/s1. The summed E-state index contributed by atoms with van der Waals surface area (Å²) >= 11 is 0. The molecule has 5 heteroatoms. The highest BCUT2D eigenvalue weighted by Crippen LogP contribution is 2.12. The highest BCUT2D eigenvalue weighted by molar-refractivity contribution is 5.81. The molecule has 0 bridgehead atoms. The molecule has 0 aromatic heterocycles. The van der Waals surface area contributed by atoms with Crippen molar-refractivity contribution in [3.05, 3.63) is 0 Å². The number of carbonyl (C=O) groups is 2. The van der Waals surface area contributed by atoms with Crippen molar-refractivity contribution in [2.24, 2.45) is 5.92 Å². The quantitative estimate of drug-likeness (QED) is 0.705. The predicted molar refractivity (Wildman–Crippen MR) is 58.0 cm³/mol. The summed E-state index contributed by atoms with van der Waals surface area (Å²) in [6.45, 7) is 2.98. The molecule has 1 fully saturated rings. The maximum atomic E-state index is 11.6. The van der Waals surface area contributed by atoms with E-state index in [0.717, 1.165) is 19.3 Å². The zero-order valence-corrected chi connectivity index (χ0v) is 9.57. The molecular formula is C11H19NO4. The Balaban J connectivity index is 2.25. The largest absolute Gasteiger partial charge is 0.481 e. The zero-order valence-electron chi connectivity index (χ0n) is 9.57. The Bertz CT molecular complexity index is 248. The summed E-state index contributed by atoms with van der Waals surface area (Å²) in [6.07, 6.45) is 2.20. The van der Waals surface area contributed by atoms with E-state index in [2.05, 4.69) is 5.32 Å². The average molecular weight is 229 g/mol. The Labute approximate surface area is 95.2 Å². The Morgan fingerprint density at radius 1 is 1.56 bits per heavy atom. The third kappa shape index (κ3) is 4.18. The van der Waals surface area contributed by atoms with Crippen molar-refractivity contribution >= 4 is 11.9 Å². The van der Waals surface area contributed by atoms with Crippen LogP contribution >= 0.6 is 0 Å². The van der Waals surface area contributed by atoms with Gasteiger partial charge in [-0.15, -0.1) is 0 Å². The molecule has 2 N–H and O–H groups in total. The number of carboxylic acid groups (broad SMARTS) is 1. The molecule has 0 aromatic rings. The van der Waals surface area contributed by atoms with E-state index in [1.807, 2.05) is 6.92 Å². The third-order valence-electron chi connectivity index (χ3n) is 2.83. The average Bonchev–Trinajstić information content (AvgIpc) is 2.76. The van der Waals surface area contributed by atoms with Gasteiger partial charge in [0.1, 0.15) is 6.10 Å². The molecule has 0 saturated carbocycles. The lowest BCUT2D eigenvalue weighted by atomic mass is 10.0. The number of hydrogen-bond acceptors (Lipinski definition) is 3. The first-order chi connectivity index (χ1) is 7.63. The first-order valence-electron chi connectivity index (χ1n) is 5.74. The monoisotopic (exact) mass is 229 g/mol. The lowest BCUT2D eigenvalue weighted by molar-refractivity contribution is -0.138. The second kappa shape index (κ2) is 6.48. The van der Waals surface area contributed by atoms with Crippen LogP contribution in [0.25, 0.3) is 0 Å². The van der Waals surface area contributed by atoms with E-state index in [1.54, 1.807) is 0 Å². The molecule has 1 saturated heterocycles. The highest BCUT2D eigenvalue weighted by atomic mass is 16.5. The Hall–Kier alpha value is -1.10. The van der Waals surface area contributed by atoms with Crippen molar-refractivity contribution in [2.75, 3.05) is 13.2 Å². The first kappa shape index (κ1) is 13.0. The van der Waals surface area contributed by atoms with Gasteiger partial charge in [-0.25, -0.2) is 0 Å². The van der Waals surface area contributed by atoms with Crippen LogP contribution in [0.15, 0.2) is 0 Å². The molecule has 92 valence electrons. The zero-order chi connectivity index (χ0) is 12.0. The fourth-order valence-corrected chi connectivity index (χ4v) is 1.75. The van der Waals surface area contributed by atoms with Crippen LogP contribution in [-0.2, 0) is 14.3 Å². The van der Waals surface area contributed by atoms with Gasteiger partial charge in [-0.3, -0.25) is 9.59 Å². The number of hydrogen-bond donors (Lipinski definition) is 2. The van der Waals surface area contributed by atoms with E-state index < -0.39 is 5.97 Å². The number of rotatable bonds is 6. The van der Waals surface area contributed by atoms with Gasteiger partial charge in [0.25, 0.3) is 0 Å². The lowest BCUT2D eigenvalue weighted by Gasteiger charge is -2.15. The number of carbonyl (C=O) groups excluding carboxylic acids is 1. The van der Waals surface area contributed by atoms with Crippen LogP contribution in [0.2, 0.25) is 0 Å². The smallest absolute Gasteiger partial charge is 0.303 e. The highest BCUT2D eigenvalue weighted by Gasteiger charge is 2.24. The van der Waals surface area contributed by atoms with Gasteiger partial charge in [0.15, 0.2) is 0 Å². The van der Waals surface area contributed by atoms with Gasteiger partial charge >= 0.3 is 5.97 Å². The Morgan fingerprint density at radius 3 is 2.81 bits per heavy atom. The fraction of sp³-hybridized carbons (Fsp3) is 0.818. The number of ether oxygens (including phenoxy) is 1. The van der Waals surface area contributed by atoms with Crippen molar-refractivity contribution in [3.8, 4) is 0 Å². The normalized spacial score (nSPS) is 21.7. The molecule has 1 amide bonds. The summed E-state index contributed by atoms with van der Waals surface area (Å²) in [7, 11) is 0. The van der Waals surface area contributed by atoms with Crippen LogP contribution in [0.3, 0.4) is 0 Å². The van der Waals surface area contributed by atoms with Crippen LogP contribution in [0.5, 0.6) is 0 Å². The molecule has 16 heavy (non-hydrogen) atoms. The molecule has 0 aliphatic carbocycles. The molecule has 1 heterocycles. The summed E-state index contributed by atoms with van der Waals surface area (Å²) in [5, 5.41) is 11.4. The molecule has 1 aliphatic heterocycles. The Morgan fingerprint density at radius 2 is 2.31 bits per heavy atom. The second-order valence-electron chi connectivity index (χ2n) is 4.12. The van der Waals surface area contributed by atoms with E-state index >= 15 is 0 Å². The van der Waals surface area contributed by atoms with Gasteiger partial charge < -0.3 is 15.2 Å². The van der Waals surface area contributed by atoms with Crippen molar-refractivity contribution in [1.29, 1.82) is 0 Å². The predicted octanol–water partition coefficient (Wildman–Crippen LogP) is 0.782. The minimum atomic E-state index is -0.821. The van der Waals surface area contributed by atoms with Gasteiger partial charge in [0.05, 0.1) is 0 Å². The van der Waals surface area contributed by atoms with Crippen molar-refractivity contribution < 1.29 is 19.4 Å². The van der Waals surface area contributed by atoms with Crippen LogP contribution < -0.4 is 5.32 Å². The minimum absolute atomic E-state index is 0.00264. The van der Waals surface area contributed by atoms with Gasteiger partial charge in [-0.1, -0.05) is 13.3 Å². The molecule has 5 nitrogen and oxygen atoms in total. The summed E-state index contributed by atoms with van der Waals surface area (Å²) in [6, 6.07) is 0. The van der Waals surface area contributed by atoms with Gasteiger partial charge in [0.2, 0.25) is 5.91 Å². The molecule has 0 radical (unpaired) electrons. The molecule has 2 atom stereocenters. The Kier molecular flexibility index (Phi) is 5.25. The number of nitrogens with one attached hydrogen (secondary N) is 1. The van der Waals surface area contributed by atoms with E-state index in [-0.39, 0.29) is 24.3 Å². The number of amides is 1. The van der Waals surface area contributed by atoms with Crippen molar-refractivity contribution in [2.45, 2.75) is 38.7 Å². The van der Waals surface area contributed by atoms with E-state index in [0.29, 0.717) is 13.2 Å². The molecule has 1 unspecified atom stereocenters. The van der Waals surface area contributed by atoms with Crippen molar-refractivity contribution in [1.82, 2.24) is 5.32 Å². The van der Waals surface area contributed by atoms with Crippen LogP contribution in [0.1, 0.15) is 32.6 Å². The maximum absolute atomic E-state index is 11.6. The fourth-order valence-electron chi connectivity index (χ4n) is 1.75. The lowest BCUT2D eigenvalue weighted by Crippen LogP contribution is -2.37. The van der Waals surface area contributed by atoms with E-state index in [1.165, 1.54) is 0 Å². The van der Waals surface area contributed by atoms with E-state index in [9.17, 15) is 9.59 Å². The van der Waals surface area contributed by atoms with Gasteiger partial charge in [-0.05, 0) is 18.8 Å². The topological polar surface area (TPSA) is 75.6 Å². The second-order valence-corrected chi connectivity index (χ2v) is 4.12. The van der Waals surface area contributed by atoms with Gasteiger partial charge in [0, 0.05) is 19.6 Å². The molecular weight excluding hydrogens is 210 g/mol. The summed E-state index contributed by atoms with van der Waals surface area (Å²) in [5.74, 6) is -0.928. The first-order valence-corrected chi connectivity index (χ1v) is 5.74. The van der Waals surface area contributed by atoms with Crippen LogP contribution in [0, 0.1) is 5.92 Å². The minimum Gasteiger partial charge on any atom is -0.481 e. The summed E-state index contributed by atoms with van der Waals surface area (Å²) < 4.78 is 5.23. The van der Waals surface area contributed by atoms with E-state index in [4.69, 9.17) is 9.84 Å². The SMILES string of the molecule is CCC(CNC(=O)[C@H]1CCCO1)CC(=O)O. The molecule has 1 aliphatic rings. The molecule has 0 spiro atoms. The number of carboxylic acids is 1. The molecule has 0 aromatic carbocycles. The summed E-state index contributed by atoms with van der Waals surface area (Å²) in [4.78, 5) is 22.1. The number of aliphatic carboxylic acids is 1.